The van der Waals surface area contributed by atoms with E-state index in [-0.39, 0.29) is 5.43 Å². The molecule has 3 aromatic rings. The van der Waals surface area contributed by atoms with Gasteiger partial charge in [0.05, 0.1) is 4.70 Å². The molecule has 2 aromatic carbocycles. The quantitative estimate of drug-likeness (QED) is 0.471. The van der Waals surface area contributed by atoms with E-state index in [1.807, 2.05) is 42.5 Å². The molecule has 0 radical (unpaired) electrons. The summed E-state index contributed by atoms with van der Waals surface area (Å²) in [5.41, 5.74) is 0.0975. The topological polar surface area (TPSA) is 17.1 Å². The number of rotatable bonds is 0. The second kappa shape index (κ2) is 3.61. The summed E-state index contributed by atoms with van der Waals surface area (Å²) < 4.78 is 1.98. The van der Waals surface area contributed by atoms with Crippen molar-refractivity contribution in [1.29, 1.82) is 0 Å². The molecule has 1 aromatic heterocycles. The van der Waals surface area contributed by atoms with E-state index in [0.29, 0.717) is 0 Å². The van der Waals surface area contributed by atoms with Gasteiger partial charge in [-0.1, -0.05) is 18.2 Å². The zero-order valence-electron chi connectivity index (χ0n) is 8.31. The van der Waals surface area contributed by atoms with Crippen molar-refractivity contribution in [1.82, 2.24) is 0 Å². The van der Waals surface area contributed by atoms with Crippen molar-refractivity contribution in [2.45, 2.75) is 4.90 Å². The highest BCUT2D eigenvalue weighted by Gasteiger charge is 2.06. The SMILES string of the molecule is O=c1c2ccccc2sc2c(S)cccc12. The third-order valence-electron chi connectivity index (χ3n) is 2.58. The first-order valence-electron chi connectivity index (χ1n) is 4.91. The van der Waals surface area contributed by atoms with Crippen molar-refractivity contribution in [3.63, 3.8) is 0 Å². The number of benzene rings is 2. The van der Waals surface area contributed by atoms with Crippen LogP contribution in [0.5, 0.6) is 0 Å². The number of hydrogen-bond donors (Lipinski definition) is 1. The van der Waals surface area contributed by atoms with Crippen LogP contribution in [-0.4, -0.2) is 0 Å². The largest absolute Gasteiger partial charge is 0.289 e. The van der Waals surface area contributed by atoms with Crippen LogP contribution in [0.1, 0.15) is 0 Å². The molecule has 0 amide bonds. The van der Waals surface area contributed by atoms with Crippen molar-refractivity contribution in [3.05, 3.63) is 52.7 Å². The molecule has 0 saturated heterocycles. The molecule has 1 nitrogen and oxygen atoms in total. The van der Waals surface area contributed by atoms with Gasteiger partial charge in [0.1, 0.15) is 0 Å². The van der Waals surface area contributed by atoms with Gasteiger partial charge in [-0.2, -0.15) is 0 Å². The lowest BCUT2D eigenvalue weighted by Crippen LogP contribution is -2.00. The Bertz CT molecular complexity index is 744. The molecule has 0 aliphatic heterocycles. The monoisotopic (exact) mass is 244 g/mol. The van der Waals surface area contributed by atoms with E-state index >= 15 is 0 Å². The van der Waals surface area contributed by atoms with Gasteiger partial charge in [-0.15, -0.1) is 24.0 Å². The molecular weight excluding hydrogens is 236 g/mol. The Morgan fingerprint density at radius 3 is 2.56 bits per heavy atom. The van der Waals surface area contributed by atoms with Gasteiger partial charge in [0, 0.05) is 20.4 Å². The maximum absolute atomic E-state index is 12.2. The Labute approximate surface area is 102 Å². The summed E-state index contributed by atoms with van der Waals surface area (Å²) in [4.78, 5) is 13.1. The fourth-order valence-corrected chi connectivity index (χ4v) is 3.23. The first kappa shape index (κ1) is 9.87. The normalized spacial score (nSPS) is 11.1. The number of thiol groups is 1. The average molecular weight is 244 g/mol. The summed E-state index contributed by atoms with van der Waals surface area (Å²) in [6.45, 7) is 0. The Kier molecular flexibility index (Phi) is 2.23. The molecule has 3 rings (SSSR count). The van der Waals surface area contributed by atoms with E-state index in [4.69, 9.17) is 0 Å². The predicted molar refractivity (Wildman–Crippen MR) is 72.9 cm³/mol. The van der Waals surface area contributed by atoms with Gasteiger partial charge in [0.2, 0.25) is 0 Å². The van der Waals surface area contributed by atoms with Crippen LogP contribution in [0, 0.1) is 0 Å². The summed E-state index contributed by atoms with van der Waals surface area (Å²) in [5, 5.41) is 1.55. The minimum atomic E-state index is 0.0975. The third-order valence-corrected chi connectivity index (χ3v) is 4.33. The molecule has 1 heterocycles. The molecule has 0 fully saturated rings. The highest BCUT2D eigenvalue weighted by atomic mass is 32.1. The van der Waals surface area contributed by atoms with E-state index < -0.39 is 0 Å². The van der Waals surface area contributed by atoms with Gasteiger partial charge < -0.3 is 0 Å². The molecular formula is C13H8OS2. The Morgan fingerprint density at radius 1 is 0.938 bits per heavy atom. The van der Waals surface area contributed by atoms with Crippen LogP contribution in [0.2, 0.25) is 0 Å². The van der Waals surface area contributed by atoms with Crippen LogP contribution in [0.15, 0.2) is 52.2 Å². The summed E-state index contributed by atoms with van der Waals surface area (Å²) >= 11 is 6.01. The molecule has 78 valence electrons. The Morgan fingerprint density at radius 2 is 1.69 bits per heavy atom. The first-order chi connectivity index (χ1) is 7.77. The van der Waals surface area contributed by atoms with Gasteiger partial charge in [-0.25, -0.2) is 0 Å². The van der Waals surface area contributed by atoms with Crippen molar-refractivity contribution in [3.8, 4) is 0 Å². The lowest BCUT2D eigenvalue weighted by atomic mass is 10.2. The molecule has 0 aliphatic rings. The number of hydrogen-bond acceptors (Lipinski definition) is 3. The van der Waals surface area contributed by atoms with Crippen molar-refractivity contribution in [2.24, 2.45) is 0 Å². The lowest BCUT2D eigenvalue weighted by Gasteiger charge is -2.02. The van der Waals surface area contributed by atoms with E-state index in [9.17, 15) is 4.79 Å². The summed E-state index contributed by atoms with van der Waals surface area (Å²) in [6, 6.07) is 13.3. The lowest BCUT2D eigenvalue weighted by molar-refractivity contribution is 1.59. The molecule has 0 unspecified atom stereocenters. The maximum Gasteiger partial charge on any atom is 0.195 e. The van der Waals surface area contributed by atoms with E-state index in [2.05, 4.69) is 12.6 Å². The van der Waals surface area contributed by atoms with Crippen molar-refractivity contribution in [2.75, 3.05) is 0 Å². The Balaban J connectivity index is 2.67. The minimum absolute atomic E-state index is 0.0975. The molecule has 0 atom stereocenters. The minimum Gasteiger partial charge on any atom is -0.289 e. The first-order valence-corrected chi connectivity index (χ1v) is 6.17. The second-order valence-electron chi connectivity index (χ2n) is 3.58. The molecule has 16 heavy (non-hydrogen) atoms. The third kappa shape index (κ3) is 1.36. The van der Waals surface area contributed by atoms with Gasteiger partial charge in [-0.05, 0) is 24.3 Å². The van der Waals surface area contributed by atoms with Gasteiger partial charge in [0.15, 0.2) is 5.43 Å². The van der Waals surface area contributed by atoms with E-state index in [1.54, 1.807) is 11.3 Å². The predicted octanol–water partition coefficient (Wildman–Crippen LogP) is 3.70. The summed E-state index contributed by atoms with van der Waals surface area (Å²) in [5.74, 6) is 0. The number of fused-ring (bicyclic) bond motifs is 2. The average Bonchev–Trinajstić information content (AvgIpc) is 2.31. The van der Waals surface area contributed by atoms with Crippen LogP contribution in [0.3, 0.4) is 0 Å². The highest BCUT2D eigenvalue weighted by molar-refractivity contribution is 7.80. The highest BCUT2D eigenvalue weighted by Crippen LogP contribution is 2.28. The van der Waals surface area contributed by atoms with Gasteiger partial charge in [0.25, 0.3) is 0 Å². The summed E-state index contributed by atoms with van der Waals surface area (Å²) in [6.07, 6.45) is 0. The second-order valence-corrected chi connectivity index (χ2v) is 5.12. The fourth-order valence-electron chi connectivity index (χ4n) is 1.81. The molecule has 0 N–H and O–H groups in total. The smallest absolute Gasteiger partial charge is 0.195 e. The molecule has 0 spiro atoms. The van der Waals surface area contributed by atoms with Crippen LogP contribution in [0.4, 0.5) is 0 Å². The molecule has 0 saturated carbocycles. The van der Waals surface area contributed by atoms with Crippen LogP contribution in [0.25, 0.3) is 20.2 Å². The molecule has 0 aliphatic carbocycles. The zero-order valence-corrected chi connectivity index (χ0v) is 10.0. The molecule has 0 bridgehead atoms. The van der Waals surface area contributed by atoms with E-state index in [0.717, 1.165) is 25.1 Å². The fraction of sp³-hybridized carbons (Fsp3) is 0. The zero-order chi connectivity index (χ0) is 11.1. The van der Waals surface area contributed by atoms with Crippen LogP contribution >= 0.6 is 24.0 Å². The van der Waals surface area contributed by atoms with Crippen LogP contribution < -0.4 is 5.43 Å². The Hall–Kier alpha value is -1.32. The maximum atomic E-state index is 12.2. The molecule has 3 heteroatoms. The summed E-state index contributed by atoms with van der Waals surface area (Å²) in [7, 11) is 0. The van der Waals surface area contributed by atoms with Crippen molar-refractivity contribution >= 4 is 44.1 Å². The van der Waals surface area contributed by atoms with Crippen LogP contribution in [-0.2, 0) is 0 Å². The standard InChI is InChI=1S/C13H8OS2/c14-12-8-4-1-2-7-11(8)16-13-9(12)5-3-6-10(13)15/h1-7,15H. The van der Waals surface area contributed by atoms with Gasteiger partial charge in [-0.3, -0.25) is 4.79 Å². The van der Waals surface area contributed by atoms with Gasteiger partial charge >= 0.3 is 0 Å². The van der Waals surface area contributed by atoms with Crippen molar-refractivity contribution < 1.29 is 0 Å². The van der Waals surface area contributed by atoms with E-state index in [1.165, 1.54) is 0 Å².